The van der Waals surface area contributed by atoms with Gasteiger partial charge in [0, 0.05) is 0 Å². The normalized spacial score (nSPS) is 27.5. The van der Waals surface area contributed by atoms with Crippen LogP contribution in [0.25, 0.3) is 0 Å². The van der Waals surface area contributed by atoms with Gasteiger partial charge in [-0.15, -0.1) is 0 Å². The van der Waals surface area contributed by atoms with Crippen LogP contribution >= 0.6 is 20.7 Å². The van der Waals surface area contributed by atoms with Gasteiger partial charge in [-0.05, 0) is 41.3 Å². The molecule has 2 rings (SSSR count). The van der Waals surface area contributed by atoms with E-state index in [-0.39, 0.29) is 39.1 Å². The van der Waals surface area contributed by atoms with Crippen molar-refractivity contribution < 1.29 is 9.31 Å². The molecular weight excluding hydrogens is 302 g/mol. The number of hydrogen-bond acceptors (Lipinski definition) is 2. The van der Waals surface area contributed by atoms with Gasteiger partial charge in [0.05, 0.1) is 11.2 Å². The molecule has 1 fully saturated rings. The second-order valence-electron chi connectivity index (χ2n) is 4.80. The first-order valence-corrected chi connectivity index (χ1v) is 7.59. The van der Waals surface area contributed by atoms with Crippen LogP contribution in [0.1, 0.15) is 27.7 Å². The van der Waals surface area contributed by atoms with Crippen LogP contribution in [-0.4, -0.2) is 22.3 Å². The first kappa shape index (κ1) is 11.5. The molecule has 0 amide bonds. The smallest absolute Gasteiger partial charge is 0.399 e. The van der Waals surface area contributed by atoms with E-state index in [9.17, 15) is 0 Å². The van der Waals surface area contributed by atoms with Crippen LogP contribution in [-0.2, 0) is 9.31 Å². The number of rotatable bonds is 1. The second kappa shape index (κ2) is 3.82. The van der Waals surface area contributed by atoms with Crippen molar-refractivity contribution in [2.24, 2.45) is 0 Å². The van der Waals surface area contributed by atoms with E-state index >= 15 is 0 Å². The first-order chi connectivity index (χ1) is 6.92. The van der Waals surface area contributed by atoms with Gasteiger partial charge in [-0.25, -0.2) is 0 Å². The summed E-state index contributed by atoms with van der Waals surface area (Å²) in [5.74, 6) is 0. The maximum absolute atomic E-state index is 5.95. The molecule has 0 spiro atoms. The molecule has 0 unspecified atom stereocenters. The lowest BCUT2D eigenvalue weighted by molar-refractivity contribution is 0.00578. The van der Waals surface area contributed by atoms with Crippen LogP contribution in [0.15, 0.2) is 21.7 Å². The Labute approximate surface area is 102 Å². The third-order valence-corrected chi connectivity index (χ3v) is 4.73. The van der Waals surface area contributed by atoms with Gasteiger partial charge < -0.3 is 9.31 Å². The summed E-state index contributed by atoms with van der Waals surface area (Å²) in [5, 5.41) is 0. The molecule has 0 saturated carbocycles. The predicted molar refractivity (Wildman–Crippen MR) is 73.4 cm³/mol. The Morgan fingerprint density at radius 3 is 2.20 bits per heavy atom. The van der Waals surface area contributed by atoms with Gasteiger partial charge >= 0.3 is 7.12 Å². The third kappa shape index (κ3) is 2.12. The summed E-state index contributed by atoms with van der Waals surface area (Å²) in [6, 6.07) is 0. The predicted octanol–water partition coefficient (Wildman–Crippen LogP) is 2.84. The van der Waals surface area contributed by atoms with Crippen LogP contribution in [0.3, 0.4) is 0 Å². The van der Waals surface area contributed by atoms with E-state index in [1.54, 1.807) is 0 Å². The molecule has 2 aliphatic rings. The van der Waals surface area contributed by atoms with Crippen molar-refractivity contribution in [3.63, 3.8) is 0 Å². The highest BCUT2D eigenvalue weighted by Gasteiger charge is 2.51. The third-order valence-electron chi connectivity index (χ3n) is 3.18. The largest absolute Gasteiger partial charge is 0.494 e. The number of allylic oxidation sites excluding steroid dienone is 3. The van der Waals surface area contributed by atoms with Gasteiger partial charge in [-0.2, -0.15) is 0 Å². The summed E-state index contributed by atoms with van der Waals surface area (Å²) < 4.78 is 16.4. The molecule has 0 N–H and O–H groups in total. The van der Waals surface area contributed by atoms with Gasteiger partial charge in [0.15, 0.2) is 0 Å². The summed E-state index contributed by atoms with van der Waals surface area (Å²) in [5.41, 5.74) is 0.664. The fraction of sp³-hybridized carbons (Fsp3) is 0.545. The molecule has 0 aromatic carbocycles. The average molecular weight is 318 g/mol. The quantitative estimate of drug-likeness (QED) is 0.547. The summed E-state index contributed by atoms with van der Waals surface area (Å²) in [7, 11) is -0.202. The summed E-state index contributed by atoms with van der Waals surface area (Å²) >= 11 is 0.130. The van der Waals surface area contributed by atoms with E-state index in [4.69, 9.17) is 9.31 Å². The van der Waals surface area contributed by atoms with Crippen LogP contribution in [0, 0.1) is 0 Å². The Morgan fingerprint density at radius 2 is 1.73 bits per heavy atom. The van der Waals surface area contributed by atoms with Crippen molar-refractivity contribution in [1.82, 2.24) is 0 Å². The topological polar surface area (TPSA) is 18.5 Å². The zero-order valence-electron chi connectivity index (χ0n) is 9.58. The summed E-state index contributed by atoms with van der Waals surface area (Å²) in [4.78, 5) is 0. The molecule has 0 atom stereocenters. The van der Waals surface area contributed by atoms with Crippen molar-refractivity contribution in [2.45, 2.75) is 38.9 Å². The van der Waals surface area contributed by atoms with Crippen LogP contribution < -0.4 is 0 Å². The van der Waals surface area contributed by atoms with Crippen LogP contribution in [0.4, 0.5) is 0 Å². The van der Waals surface area contributed by atoms with Crippen molar-refractivity contribution in [1.29, 1.82) is 0 Å². The minimum absolute atomic E-state index is 0.130. The Bertz CT molecular complexity index is 340. The number of hydrogen-bond donors (Lipinski definition) is 0. The lowest BCUT2D eigenvalue weighted by Crippen LogP contribution is -2.41. The molecule has 0 aromatic heterocycles. The average Bonchev–Trinajstić information content (AvgIpc) is 2.38. The van der Waals surface area contributed by atoms with Crippen molar-refractivity contribution in [3.05, 3.63) is 21.7 Å². The van der Waals surface area contributed by atoms with Gasteiger partial charge in [-0.1, -0.05) is 32.9 Å². The minimum Gasteiger partial charge on any atom is -0.399 e. The standard InChI is InChI=1S/C11H16BIO2/c1-10(2)11(3,4)15-12(14-10)9-5-7-13-8-6-9/h5-8H,1-4H3. The van der Waals surface area contributed by atoms with E-state index < -0.39 is 0 Å². The highest BCUT2D eigenvalue weighted by atomic mass is 127. The van der Waals surface area contributed by atoms with Crippen molar-refractivity contribution in [2.75, 3.05) is 0 Å². The molecule has 0 radical (unpaired) electrons. The van der Waals surface area contributed by atoms with E-state index in [1.807, 2.05) is 0 Å². The minimum atomic E-state index is -0.237. The summed E-state index contributed by atoms with van der Waals surface area (Å²) in [6.07, 6.45) is 4.27. The fourth-order valence-corrected chi connectivity index (χ4v) is 2.94. The van der Waals surface area contributed by atoms with Gasteiger partial charge in [-0.3, -0.25) is 0 Å². The van der Waals surface area contributed by atoms with Gasteiger partial charge in [0.1, 0.15) is 0 Å². The van der Waals surface area contributed by atoms with Crippen LogP contribution in [0.2, 0.25) is 0 Å². The maximum atomic E-state index is 5.95. The molecule has 4 heteroatoms. The molecule has 2 aliphatic heterocycles. The van der Waals surface area contributed by atoms with Gasteiger partial charge in [0.2, 0.25) is 0 Å². The lowest BCUT2D eigenvalue weighted by Gasteiger charge is -2.32. The zero-order chi connectivity index (χ0) is 11.1. The monoisotopic (exact) mass is 318 g/mol. The molecular formula is C11H16BIO2. The van der Waals surface area contributed by atoms with E-state index in [1.165, 1.54) is 0 Å². The summed E-state index contributed by atoms with van der Waals surface area (Å²) in [6.45, 7) is 8.32. The highest BCUT2D eigenvalue weighted by Crippen LogP contribution is 2.39. The zero-order valence-corrected chi connectivity index (χ0v) is 11.7. The second-order valence-corrected chi connectivity index (χ2v) is 6.96. The van der Waals surface area contributed by atoms with Gasteiger partial charge in [0.25, 0.3) is 0 Å². The molecule has 2 heterocycles. The molecule has 0 aromatic rings. The SMILES string of the molecule is CC1(C)OB(C2=CC=IC=C2)OC1(C)C. The Balaban J connectivity index is 2.20. The van der Waals surface area contributed by atoms with Crippen molar-refractivity contribution >= 4 is 31.9 Å². The molecule has 82 valence electrons. The fourth-order valence-electron chi connectivity index (χ4n) is 1.45. The van der Waals surface area contributed by atoms with E-state index in [2.05, 4.69) is 47.9 Å². The molecule has 0 aliphatic carbocycles. The highest BCUT2D eigenvalue weighted by molar-refractivity contribution is 14.2. The molecule has 15 heavy (non-hydrogen) atoms. The lowest BCUT2D eigenvalue weighted by atomic mass is 9.78. The Morgan fingerprint density at radius 1 is 1.13 bits per heavy atom. The molecule has 1 saturated heterocycles. The van der Waals surface area contributed by atoms with Crippen molar-refractivity contribution in [3.8, 4) is 0 Å². The first-order valence-electron chi connectivity index (χ1n) is 5.10. The number of halogens is 1. The van der Waals surface area contributed by atoms with Crippen LogP contribution in [0.5, 0.6) is 0 Å². The van der Waals surface area contributed by atoms with E-state index in [0.29, 0.717) is 0 Å². The Kier molecular flexibility index (Phi) is 2.94. The Hall–Kier alpha value is 0.0649. The van der Waals surface area contributed by atoms with E-state index in [0.717, 1.165) is 5.47 Å². The maximum Gasteiger partial charge on any atom is 0.494 e. The molecule has 0 bridgehead atoms. The molecule has 2 nitrogen and oxygen atoms in total.